The van der Waals surface area contributed by atoms with Crippen LogP contribution in [-0.4, -0.2) is 47.4 Å². The number of fused-ring (bicyclic) bond motifs is 1. The maximum absolute atomic E-state index is 13.8. The lowest BCUT2D eigenvalue weighted by molar-refractivity contribution is -0.384. The summed E-state index contributed by atoms with van der Waals surface area (Å²) in [6.45, 7) is 3.56. The first-order valence-corrected chi connectivity index (χ1v) is 12.8. The zero-order valence-corrected chi connectivity index (χ0v) is 22.5. The second-order valence-corrected chi connectivity index (χ2v) is 11.1. The molecular weight excluding hydrogens is 536 g/mol. The molecule has 9 nitrogen and oxygen atoms in total. The van der Waals surface area contributed by atoms with Gasteiger partial charge in [-0.1, -0.05) is 60.0 Å². The fourth-order valence-corrected chi connectivity index (χ4v) is 7.05. The van der Waals surface area contributed by atoms with E-state index >= 15 is 0 Å². The molecule has 2 heterocycles. The molecule has 0 spiro atoms. The molecule has 12 heteroatoms. The molecular formula is C25H20N2O7S3. The Balaban J connectivity index is 1.87. The third-order valence-corrected chi connectivity index (χ3v) is 9.07. The first kappa shape index (κ1) is 26.6. The third-order valence-electron chi connectivity index (χ3n) is 5.80. The van der Waals surface area contributed by atoms with Gasteiger partial charge in [-0.3, -0.25) is 19.8 Å². The third kappa shape index (κ3) is 4.56. The van der Waals surface area contributed by atoms with Crippen molar-refractivity contribution in [1.82, 2.24) is 0 Å². The van der Waals surface area contributed by atoms with Crippen LogP contribution in [0.2, 0.25) is 0 Å². The van der Waals surface area contributed by atoms with E-state index in [4.69, 9.17) is 21.7 Å². The number of benzene rings is 2. The van der Waals surface area contributed by atoms with Gasteiger partial charge in [-0.2, -0.15) is 0 Å². The molecule has 190 valence electrons. The van der Waals surface area contributed by atoms with Crippen molar-refractivity contribution in [3.05, 3.63) is 83.8 Å². The van der Waals surface area contributed by atoms with E-state index in [2.05, 4.69) is 0 Å². The van der Waals surface area contributed by atoms with Crippen molar-refractivity contribution in [1.29, 1.82) is 0 Å². The highest BCUT2D eigenvalue weighted by Crippen LogP contribution is 2.56. The van der Waals surface area contributed by atoms with E-state index in [0.29, 0.717) is 25.9 Å². The number of methoxy groups -OCH3 is 2. The summed E-state index contributed by atoms with van der Waals surface area (Å²) in [4.78, 5) is 51.5. The Hall–Kier alpha value is -3.48. The number of ether oxygens (including phenoxy) is 2. The van der Waals surface area contributed by atoms with E-state index in [1.54, 1.807) is 38.1 Å². The van der Waals surface area contributed by atoms with Crippen LogP contribution in [0.3, 0.4) is 0 Å². The molecule has 0 radical (unpaired) electrons. The summed E-state index contributed by atoms with van der Waals surface area (Å²) in [7, 11) is 2.45. The quantitative estimate of drug-likeness (QED) is 0.165. The Labute approximate surface area is 226 Å². The molecule has 2 aromatic carbocycles. The highest BCUT2D eigenvalue weighted by Gasteiger charge is 2.46. The molecule has 1 amide bonds. The minimum Gasteiger partial charge on any atom is -0.465 e. The van der Waals surface area contributed by atoms with Crippen LogP contribution in [0.4, 0.5) is 11.4 Å². The van der Waals surface area contributed by atoms with E-state index in [1.807, 2.05) is 0 Å². The number of esters is 2. The zero-order valence-electron chi connectivity index (χ0n) is 20.1. The maximum Gasteiger partial charge on any atom is 0.346 e. The normalized spacial score (nSPS) is 16.4. The second-order valence-electron chi connectivity index (χ2n) is 8.36. The molecule has 0 saturated heterocycles. The van der Waals surface area contributed by atoms with Gasteiger partial charge in [-0.25, -0.2) is 9.59 Å². The number of amides is 1. The molecule has 2 aromatic rings. The van der Waals surface area contributed by atoms with Crippen molar-refractivity contribution >= 4 is 75.4 Å². The Morgan fingerprint density at radius 1 is 0.973 bits per heavy atom. The Kier molecular flexibility index (Phi) is 7.27. The van der Waals surface area contributed by atoms with Crippen LogP contribution in [0, 0.1) is 10.1 Å². The van der Waals surface area contributed by atoms with Crippen LogP contribution < -0.4 is 4.90 Å². The summed E-state index contributed by atoms with van der Waals surface area (Å²) >= 11 is 8.04. The summed E-state index contributed by atoms with van der Waals surface area (Å²) in [5, 5.41) is 11.3. The number of para-hydroxylation sites is 1. The fraction of sp³-hybridized carbons (Fsp3) is 0.200. The number of carbonyl (C=O) groups excluding carboxylic acids is 3. The summed E-state index contributed by atoms with van der Waals surface area (Å²) < 4.78 is 10.3. The van der Waals surface area contributed by atoms with Crippen LogP contribution in [0.15, 0.2) is 62.6 Å². The van der Waals surface area contributed by atoms with Gasteiger partial charge in [-0.05, 0) is 26.0 Å². The standard InChI is InChI=1S/C25H20N2O7S3/c1-25(2)20(35)17(24-36-18(22(29)33-3)19(37-24)23(30)34-4)15-10-5-6-11-16(15)26(25)21(28)13-8-7-9-14(12-13)27(31)32/h5-12H,1-4H3. The number of rotatable bonds is 4. The van der Waals surface area contributed by atoms with Gasteiger partial charge >= 0.3 is 11.9 Å². The number of hydrogen-bond donors (Lipinski definition) is 0. The van der Waals surface area contributed by atoms with E-state index in [1.165, 1.54) is 43.4 Å². The number of hydrogen-bond acceptors (Lipinski definition) is 10. The number of carbonyl (C=O) groups is 3. The lowest BCUT2D eigenvalue weighted by atomic mass is 9.83. The van der Waals surface area contributed by atoms with Crippen molar-refractivity contribution in [2.24, 2.45) is 0 Å². The zero-order chi connectivity index (χ0) is 27.1. The van der Waals surface area contributed by atoms with E-state index < -0.39 is 28.3 Å². The molecule has 2 aliphatic heterocycles. The molecule has 0 N–H and O–H groups in total. The van der Waals surface area contributed by atoms with Gasteiger partial charge in [0.05, 0.1) is 39.5 Å². The molecule has 0 atom stereocenters. The predicted octanol–water partition coefficient (Wildman–Crippen LogP) is 5.11. The number of anilines is 1. The van der Waals surface area contributed by atoms with Crippen LogP contribution in [0.25, 0.3) is 5.57 Å². The largest absolute Gasteiger partial charge is 0.465 e. The number of nitrogens with zero attached hydrogens (tertiary/aromatic N) is 2. The molecule has 37 heavy (non-hydrogen) atoms. The van der Waals surface area contributed by atoms with Gasteiger partial charge in [0.2, 0.25) is 0 Å². The minimum atomic E-state index is -1.05. The van der Waals surface area contributed by atoms with Crippen LogP contribution in [-0.2, 0) is 19.1 Å². The van der Waals surface area contributed by atoms with Crippen LogP contribution >= 0.6 is 35.7 Å². The fourth-order valence-electron chi connectivity index (χ4n) is 4.01. The Morgan fingerprint density at radius 3 is 2.14 bits per heavy atom. The lowest BCUT2D eigenvalue weighted by Crippen LogP contribution is -2.55. The maximum atomic E-state index is 13.8. The van der Waals surface area contributed by atoms with Crippen molar-refractivity contribution in [3.8, 4) is 0 Å². The summed E-state index contributed by atoms with van der Waals surface area (Å²) in [5.41, 5.74) is 0.657. The molecule has 0 fully saturated rings. The lowest BCUT2D eigenvalue weighted by Gasteiger charge is -2.45. The first-order chi connectivity index (χ1) is 17.5. The van der Waals surface area contributed by atoms with Gasteiger partial charge in [-0.15, -0.1) is 0 Å². The number of nitro groups is 1. The van der Waals surface area contributed by atoms with Gasteiger partial charge in [0, 0.05) is 28.8 Å². The van der Waals surface area contributed by atoms with E-state index in [9.17, 15) is 24.5 Å². The molecule has 0 aliphatic carbocycles. The predicted molar refractivity (Wildman–Crippen MR) is 146 cm³/mol. The smallest absolute Gasteiger partial charge is 0.346 e. The summed E-state index contributed by atoms with van der Waals surface area (Å²) in [5.74, 6) is -1.81. The van der Waals surface area contributed by atoms with Crippen molar-refractivity contribution in [2.45, 2.75) is 19.4 Å². The average Bonchev–Trinajstić information content (AvgIpc) is 3.33. The topological polar surface area (TPSA) is 116 Å². The number of thiocarbonyl (C=S) groups is 1. The van der Waals surface area contributed by atoms with Crippen LogP contribution in [0.1, 0.15) is 29.8 Å². The molecule has 2 aliphatic rings. The molecule has 0 bridgehead atoms. The molecule has 0 aromatic heterocycles. The highest BCUT2D eigenvalue weighted by atomic mass is 32.2. The summed E-state index contributed by atoms with van der Waals surface area (Å²) in [6, 6.07) is 12.6. The van der Waals surface area contributed by atoms with E-state index in [-0.39, 0.29) is 21.1 Å². The molecule has 0 unspecified atom stereocenters. The Bertz CT molecular complexity index is 1420. The minimum absolute atomic E-state index is 0.0926. The molecule has 4 rings (SSSR count). The van der Waals surface area contributed by atoms with Gasteiger partial charge in [0.25, 0.3) is 11.6 Å². The number of nitro benzene ring substituents is 1. The average molecular weight is 557 g/mol. The van der Waals surface area contributed by atoms with Crippen molar-refractivity contribution in [2.75, 3.05) is 19.1 Å². The number of non-ortho nitro benzene ring substituents is 1. The van der Waals surface area contributed by atoms with E-state index in [0.717, 1.165) is 23.5 Å². The summed E-state index contributed by atoms with van der Waals surface area (Å²) in [6.07, 6.45) is 0. The second kappa shape index (κ2) is 10.1. The van der Waals surface area contributed by atoms with Gasteiger partial charge in [0.1, 0.15) is 9.81 Å². The van der Waals surface area contributed by atoms with Gasteiger partial charge < -0.3 is 9.47 Å². The molecule has 0 saturated carbocycles. The number of thioether (sulfide) groups is 2. The van der Waals surface area contributed by atoms with Gasteiger partial charge in [0.15, 0.2) is 0 Å². The first-order valence-electron chi connectivity index (χ1n) is 10.8. The van der Waals surface area contributed by atoms with Crippen LogP contribution in [0.5, 0.6) is 0 Å². The van der Waals surface area contributed by atoms with Crippen molar-refractivity contribution < 1.29 is 28.8 Å². The van der Waals surface area contributed by atoms with Crippen molar-refractivity contribution in [3.63, 3.8) is 0 Å². The monoisotopic (exact) mass is 556 g/mol. The SMILES string of the molecule is COC(=O)C1=C(C(=O)OC)SC(=C2C(=S)C(C)(C)N(C(=O)c3cccc([N+](=O)[O-])c3)c3ccccc32)S1. The Morgan fingerprint density at radius 2 is 1.57 bits per heavy atom. The highest BCUT2D eigenvalue weighted by molar-refractivity contribution is 8.29.